The molecule has 36 nitrogen and oxygen atoms in total. The quantitative estimate of drug-likeness (QED) is 0.0248. The minimum atomic E-state index is -2.97. The van der Waals surface area contributed by atoms with Gasteiger partial charge in [0.15, 0.2) is 41.2 Å². The minimum absolute atomic E-state index is 0.0536. The molecule has 7 amide bonds. The van der Waals surface area contributed by atoms with Crippen LogP contribution in [0.15, 0.2) is 103 Å². The molecule has 126 heavy (non-hydrogen) atoms. The van der Waals surface area contributed by atoms with Crippen molar-refractivity contribution in [3.63, 3.8) is 0 Å². The Morgan fingerprint density at radius 3 is 1.98 bits per heavy atom. The molecule has 6 fully saturated rings. The number of ether oxygens (including phenoxy) is 8. The largest absolute Gasteiger partial charge is 0.508 e. The summed E-state index contributed by atoms with van der Waals surface area (Å²) in [4.78, 5) is 127. The highest BCUT2D eigenvalue weighted by molar-refractivity contribution is 6.32. The molecule has 2 saturated heterocycles. The van der Waals surface area contributed by atoms with Crippen LogP contribution in [0.1, 0.15) is 172 Å². The van der Waals surface area contributed by atoms with Crippen molar-refractivity contribution < 1.29 is 122 Å². The third-order valence-electron chi connectivity index (χ3n) is 25.5. The number of hydrogen-bond donors (Lipinski definition) is 20. The predicted molar refractivity (Wildman–Crippen MR) is 447 cm³/mol. The third-order valence-corrected chi connectivity index (χ3v) is 25.8. The van der Waals surface area contributed by atoms with Crippen LogP contribution in [0, 0.1) is 29.6 Å². The summed E-state index contributed by atoms with van der Waals surface area (Å²) in [5.74, 6) is -13.4. The number of carbonyl (C=O) groups is 8. The van der Waals surface area contributed by atoms with Crippen LogP contribution in [0.3, 0.4) is 0 Å². The normalized spacial score (nSPS) is 30.9. The SMILES string of the molecule is CN[C@H](CC(C)C)C(=O)N[C@H]1C(=O)N[C@@H](CC(=O)c2ccc(OCCCN)c(OCCCN)c2)C(=O)N[C@H]2C(=O)N[C@H]3C(=O)N[C@H](C(=O)N[C@H](C(=O)NC4C5CC6CC(C5)CC4C6)c4cc(O)cc5c4-c4cc3ccc4C5(O)O)[C@H](O)c3ccc(cc3)Oc3cc2cc(c3O[C@@H]2O[C@H](CO)[C@@H](O)[C@H](O)[C@H]2O[C@H]2C[C@](C)(N)[C@H](O)[C@H](C)O2)Oc2ccc(cc2Cl)[C@H]1O. The van der Waals surface area contributed by atoms with Gasteiger partial charge in [0, 0.05) is 41.1 Å². The van der Waals surface area contributed by atoms with Crippen LogP contribution in [0.25, 0.3) is 11.1 Å². The Hall–Kier alpha value is -10.2. The first-order chi connectivity index (χ1) is 60.1. The number of halogens is 1. The Bertz CT molecular complexity index is 5110. The van der Waals surface area contributed by atoms with Gasteiger partial charge in [-0.3, -0.25) is 38.4 Å². The molecule has 0 unspecified atom stereocenters. The molecule has 0 aromatic heterocycles. The van der Waals surface area contributed by atoms with E-state index in [2.05, 4.69) is 42.5 Å². The van der Waals surface area contributed by atoms with Crippen molar-refractivity contribution in [2.45, 2.75) is 213 Å². The highest BCUT2D eigenvalue weighted by Gasteiger charge is 2.54. The van der Waals surface area contributed by atoms with Gasteiger partial charge in [0.2, 0.25) is 59.2 Å². The predicted octanol–water partition coefficient (Wildman–Crippen LogP) is 2.25. The molecule has 15 bridgehead atoms. The van der Waals surface area contributed by atoms with Gasteiger partial charge in [-0.05, 0) is 227 Å². The molecule has 23 N–H and O–H groups in total. The van der Waals surface area contributed by atoms with E-state index in [0.717, 1.165) is 50.3 Å². The van der Waals surface area contributed by atoms with Gasteiger partial charge in [-0.2, -0.15) is 0 Å². The Balaban J connectivity index is 0.928. The maximum atomic E-state index is 16.8. The fourth-order valence-electron chi connectivity index (χ4n) is 19.2. The molecule has 7 aliphatic heterocycles. The summed E-state index contributed by atoms with van der Waals surface area (Å²) in [7, 11) is 1.50. The van der Waals surface area contributed by atoms with Crippen molar-refractivity contribution in [1.82, 2.24) is 42.5 Å². The van der Waals surface area contributed by atoms with Crippen molar-refractivity contribution in [3.8, 4) is 57.1 Å². The van der Waals surface area contributed by atoms with E-state index in [4.69, 9.17) is 66.7 Å². The number of nitrogens with two attached hydrogens (primary N) is 3. The van der Waals surface area contributed by atoms with E-state index in [0.29, 0.717) is 24.7 Å². The van der Waals surface area contributed by atoms with Crippen LogP contribution in [0.4, 0.5) is 0 Å². The van der Waals surface area contributed by atoms with E-state index in [-0.39, 0.29) is 141 Å². The Morgan fingerprint density at radius 2 is 1.32 bits per heavy atom. The fraction of sp³-hybridized carbons (Fsp3) is 0.506. The number of aliphatic hydroxyl groups excluding tert-OH is 6. The van der Waals surface area contributed by atoms with Crippen molar-refractivity contribution in [3.05, 3.63) is 153 Å². The lowest BCUT2D eigenvalue weighted by Crippen LogP contribution is -2.64. The van der Waals surface area contributed by atoms with Gasteiger partial charge in [0.05, 0.1) is 43.1 Å². The number of likely N-dealkylation sites (N-methyl/N-ethyl adjacent to an activating group) is 1. The molecule has 5 aliphatic carbocycles. The van der Waals surface area contributed by atoms with E-state index in [1.807, 2.05) is 13.8 Å². The third kappa shape index (κ3) is 18.5. The van der Waals surface area contributed by atoms with Crippen LogP contribution >= 0.6 is 11.6 Å². The molecule has 6 aromatic carbocycles. The summed E-state index contributed by atoms with van der Waals surface area (Å²) in [5.41, 5.74) is 15.0. The molecule has 676 valence electrons. The van der Waals surface area contributed by atoms with Crippen LogP contribution < -0.4 is 83.4 Å². The number of fused-ring (bicyclic) bond motifs is 12. The minimum Gasteiger partial charge on any atom is -0.508 e. The number of rotatable bonds is 23. The van der Waals surface area contributed by atoms with Crippen LogP contribution in [-0.4, -0.2) is 218 Å². The molecule has 0 radical (unpaired) electrons. The molecular weight excluding hydrogens is 1660 g/mol. The van der Waals surface area contributed by atoms with E-state index in [9.17, 15) is 50.8 Å². The van der Waals surface area contributed by atoms with E-state index in [1.165, 1.54) is 106 Å². The molecule has 6 aromatic rings. The number of ketones is 1. The van der Waals surface area contributed by atoms with Gasteiger partial charge in [0.25, 0.3) is 0 Å². The molecular formula is C89H108ClN11O25. The summed E-state index contributed by atoms with van der Waals surface area (Å²) in [6, 6.07) is 7.22. The van der Waals surface area contributed by atoms with Crippen molar-refractivity contribution >= 4 is 58.7 Å². The number of hydrogen-bond acceptors (Lipinski definition) is 29. The second-order valence-electron chi connectivity index (χ2n) is 35.0. The van der Waals surface area contributed by atoms with Crippen molar-refractivity contribution in [2.75, 3.05) is 40.0 Å². The number of Topliss-reactive ketones (excluding diaryl/α,β-unsaturated/α-hetero) is 1. The lowest BCUT2D eigenvalue weighted by atomic mass is 9.54. The Kier molecular flexibility index (Phi) is 26.8. The zero-order chi connectivity index (χ0) is 89.8. The summed E-state index contributed by atoms with van der Waals surface area (Å²) in [6.07, 6.45) is -13.0. The first-order valence-electron chi connectivity index (χ1n) is 42.6. The first kappa shape index (κ1) is 90.6. The fourth-order valence-corrected chi connectivity index (χ4v) is 19.4. The van der Waals surface area contributed by atoms with E-state index in [1.54, 1.807) is 0 Å². The zero-order valence-electron chi connectivity index (χ0n) is 69.9. The number of amides is 7. The molecule has 37 heteroatoms. The molecule has 4 saturated carbocycles. The van der Waals surface area contributed by atoms with Gasteiger partial charge in [-0.15, -0.1) is 0 Å². The van der Waals surface area contributed by atoms with Crippen molar-refractivity contribution in [1.29, 1.82) is 0 Å². The lowest BCUT2D eigenvalue weighted by molar-refractivity contribution is -0.333. The van der Waals surface area contributed by atoms with E-state index >= 15 is 33.6 Å². The number of benzene rings is 6. The number of aromatic hydroxyl groups is 1. The summed E-state index contributed by atoms with van der Waals surface area (Å²) >= 11 is 7.27. The average molecular weight is 1770 g/mol. The topological polar surface area (TPSA) is 567 Å². The Labute approximate surface area is 729 Å². The second-order valence-corrected chi connectivity index (χ2v) is 35.5. The first-order valence-corrected chi connectivity index (χ1v) is 43.0. The van der Waals surface area contributed by atoms with Crippen LogP contribution in [0.2, 0.25) is 5.02 Å². The summed E-state index contributed by atoms with van der Waals surface area (Å²) < 4.78 is 51.4. The second kappa shape index (κ2) is 37.2. The monoisotopic (exact) mass is 1770 g/mol. The van der Waals surface area contributed by atoms with Gasteiger partial charge in [0.1, 0.15) is 84.0 Å². The van der Waals surface area contributed by atoms with Crippen LogP contribution in [0.5, 0.6) is 46.0 Å². The lowest BCUT2D eigenvalue weighted by Gasteiger charge is -2.54. The van der Waals surface area contributed by atoms with E-state index < -0.39 is 204 Å². The number of aliphatic hydroxyl groups is 8. The molecule has 7 heterocycles. The Morgan fingerprint density at radius 1 is 0.667 bits per heavy atom. The highest BCUT2D eigenvalue weighted by Crippen LogP contribution is 2.56. The average Bonchev–Trinajstić information content (AvgIpc) is 1.54. The number of carbonyl (C=O) groups excluding carboxylic acids is 8. The molecule has 18 atom stereocenters. The number of phenols is 1. The maximum Gasteiger partial charge on any atom is 0.248 e. The summed E-state index contributed by atoms with van der Waals surface area (Å²) in [6.45, 7) is 6.46. The zero-order valence-corrected chi connectivity index (χ0v) is 70.6. The molecule has 0 spiro atoms. The summed E-state index contributed by atoms with van der Waals surface area (Å²) in [5, 5.41) is 130. The smallest absolute Gasteiger partial charge is 0.248 e. The van der Waals surface area contributed by atoms with Gasteiger partial charge in [-0.25, -0.2) is 0 Å². The van der Waals surface area contributed by atoms with Crippen molar-refractivity contribution in [2.24, 2.45) is 46.8 Å². The maximum absolute atomic E-state index is 16.8. The number of nitrogens with one attached hydrogen (secondary N) is 8. The van der Waals surface area contributed by atoms with Gasteiger partial charge < -0.3 is 144 Å². The molecule has 12 aliphatic rings. The number of phenolic OH excluding ortho intramolecular Hbond substituents is 1. The van der Waals surface area contributed by atoms with Gasteiger partial charge >= 0.3 is 0 Å². The standard InChI is InChI=1S/C89H108ClN11O25/c1-38(2)22-56(94-5)80(110)100-72-74(106)45-12-16-59(55(90)29-45)123-63-32-48-31-62(77(63)126-87-78(76(108)75(107)64(37-102)124-87)125-65-36-88(4,93)79(109)39(3)121-65)122-50-13-8-42(9-14-50)73(105)71-86(116)99-70(84(114)96-67-46-24-40-23-41(26-46)27-47(67)25-40)52-33-49(103)34-54-66(52)51-28-44(10-15-53(51)89(54,117)118)68(82(112)101-71)98-83(113)69(48)97-81(111)57(95-85(72)115)35-58(104)43-11-17-60(119-20-6-18-91)61(30-43)120-21-7-19-92/h8-17,28-34,38-41,46-47,56-57,64-65,67-76,78-79,87,94,102-103,105-109,117-118H,6-7,18-27,35-37,91-93H2,1-5H3,(H,95,115)(H,96,114)(H,97,111)(H,98,113)(H,99,116)(H,100,110)(H,101,112)/t39-,40?,41?,46?,47?,56+,57-,64+,65-,67?,68+,69+,70-,71-,72+,73+,74+,75+,76-,78+,79+,87-,88-/m0/s1. The van der Waals surface area contributed by atoms with Gasteiger partial charge in [-0.1, -0.05) is 55.8 Å². The van der Waals surface area contributed by atoms with Crippen LogP contribution in [-0.2, 0) is 53.6 Å². The highest BCUT2D eigenvalue weighted by atomic mass is 35.5. The molecule has 18 rings (SSSR count).